The van der Waals surface area contributed by atoms with Gasteiger partial charge in [-0.1, -0.05) is 18.2 Å². The number of hydrogen-bond acceptors (Lipinski definition) is 5. The summed E-state index contributed by atoms with van der Waals surface area (Å²) in [5.41, 5.74) is 2.16. The molecule has 6 heteroatoms. The lowest BCUT2D eigenvalue weighted by Crippen LogP contribution is -2.33. The zero-order valence-corrected chi connectivity index (χ0v) is 15.3. The molecule has 138 valence electrons. The van der Waals surface area contributed by atoms with Crippen LogP contribution in [0.5, 0.6) is 5.75 Å². The second-order valence-electron chi connectivity index (χ2n) is 5.97. The summed E-state index contributed by atoms with van der Waals surface area (Å²) >= 11 is 0. The minimum Gasteiger partial charge on any atom is -0.492 e. The van der Waals surface area contributed by atoms with Gasteiger partial charge in [-0.15, -0.1) is 0 Å². The van der Waals surface area contributed by atoms with Crippen LogP contribution in [0.1, 0.15) is 15.9 Å². The van der Waals surface area contributed by atoms with E-state index in [4.69, 9.17) is 4.74 Å². The maximum Gasteiger partial charge on any atom is 0.337 e. The molecule has 0 heterocycles. The maximum atomic E-state index is 12.1. The van der Waals surface area contributed by atoms with E-state index in [-0.39, 0.29) is 12.5 Å². The normalized spacial score (nSPS) is 10.5. The highest BCUT2D eigenvalue weighted by Gasteiger charge is 2.09. The SMILES string of the molecule is COC(=O)c1ccc(NC(=O)CN(C)CCOc2ccccc2C)cc1. The Morgan fingerprint density at radius 3 is 2.42 bits per heavy atom. The molecule has 0 aliphatic rings. The third-order valence-corrected chi connectivity index (χ3v) is 3.83. The second kappa shape index (κ2) is 9.58. The molecular weight excluding hydrogens is 332 g/mol. The van der Waals surface area contributed by atoms with Crippen molar-refractivity contribution in [2.75, 3.05) is 39.2 Å². The molecule has 0 aromatic heterocycles. The van der Waals surface area contributed by atoms with Gasteiger partial charge >= 0.3 is 5.97 Å². The number of anilines is 1. The molecule has 0 aliphatic carbocycles. The van der Waals surface area contributed by atoms with Gasteiger partial charge < -0.3 is 14.8 Å². The molecule has 1 amide bonds. The number of likely N-dealkylation sites (N-methyl/N-ethyl adjacent to an activating group) is 1. The van der Waals surface area contributed by atoms with Gasteiger partial charge in [-0.25, -0.2) is 4.79 Å². The number of para-hydroxylation sites is 1. The van der Waals surface area contributed by atoms with E-state index in [9.17, 15) is 9.59 Å². The highest BCUT2D eigenvalue weighted by molar-refractivity contribution is 5.93. The summed E-state index contributed by atoms with van der Waals surface area (Å²) in [6, 6.07) is 14.4. The summed E-state index contributed by atoms with van der Waals surface area (Å²) in [6.45, 7) is 3.37. The zero-order chi connectivity index (χ0) is 18.9. The number of hydrogen-bond donors (Lipinski definition) is 1. The van der Waals surface area contributed by atoms with Gasteiger partial charge in [-0.05, 0) is 49.9 Å². The molecule has 0 saturated heterocycles. The lowest BCUT2D eigenvalue weighted by molar-refractivity contribution is -0.117. The largest absolute Gasteiger partial charge is 0.492 e. The van der Waals surface area contributed by atoms with E-state index in [2.05, 4.69) is 10.1 Å². The summed E-state index contributed by atoms with van der Waals surface area (Å²) in [4.78, 5) is 25.4. The highest BCUT2D eigenvalue weighted by atomic mass is 16.5. The van der Waals surface area contributed by atoms with Gasteiger partial charge in [-0.3, -0.25) is 9.69 Å². The number of methoxy groups -OCH3 is 1. The van der Waals surface area contributed by atoms with E-state index >= 15 is 0 Å². The van der Waals surface area contributed by atoms with E-state index in [0.29, 0.717) is 24.4 Å². The number of rotatable bonds is 8. The number of ether oxygens (including phenoxy) is 2. The molecule has 6 nitrogen and oxygen atoms in total. The first kappa shape index (κ1) is 19.5. The number of carbonyl (C=O) groups excluding carboxylic acids is 2. The van der Waals surface area contributed by atoms with Gasteiger partial charge in [0.25, 0.3) is 0 Å². The third kappa shape index (κ3) is 5.89. The molecule has 1 N–H and O–H groups in total. The zero-order valence-electron chi connectivity index (χ0n) is 15.3. The van der Waals surface area contributed by atoms with Crippen LogP contribution in [0.25, 0.3) is 0 Å². The molecule has 0 unspecified atom stereocenters. The number of aryl methyl sites for hydroxylation is 1. The molecule has 2 rings (SSSR count). The molecule has 0 bridgehead atoms. The summed E-state index contributed by atoms with van der Waals surface area (Å²) in [5, 5.41) is 2.80. The third-order valence-electron chi connectivity index (χ3n) is 3.83. The van der Waals surface area contributed by atoms with Crippen molar-refractivity contribution in [3.05, 3.63) is 59.7 Å². The summed E-state index contributed by atoms with van der Waals surface area (Å²) < 4.78 is 10.4. The molecule has 2 aromatic rings. The fourth-order valence-electron chi connectivity index (χ4n) is 2.36. The smallest absolute Gasteiger partial charge is 0.337 e. The fraction of sp³-hybridized carbons (Fsp3) is 0.300. The second-order valence-corrected chi connectivity index (χ2v) is 5.97. The quantitative estimate of drug-likeness (QED) is 0.737. The molecular formula is C20H24N2O4. The van der Waals surface area contributed by atoms with Crippen LogP contribution in [0.4, 0.5) is 5.69 Å². The number of esters is 1. The molecule has 26 heavy (non-hydrogen) atoms. The maximum absolute atomic E-state index is 12.1. The lowest BCUT2D eigenvalue weighted by Gasteiger charge is -2.17. The van der Waals surface area contributed by atoms with Crippen LogP contribution in [-0.4, -0.2) is 50.6 Å². The number of benzene rings is 2. The van der Waals surface area contributed by atoms with Crippen molar-refractivity contribution in [2.24, 2.45) is 0 Å². The number of nitrogens with zero attached hydrogens (tertiary/aromatic N) is 1. The Kier molecular flexibility index (Phi) is 7.17. The fourth-order valence-corrected chi connectivity index (χ4v) is 2.36. The van der Waals surface area contributed by atoms with E-state index in [1.165, 1.54) is 7.11 Å². The van der Waals surface area contributed by atoms with Gasteiger partial charge in [0.1, 0.15) is 12.4 Å². The number of amides is 1. The Morgan fingerprint density at radius 1 is 1.08 bits per heavy atom. The van der Waals surface area contributed by atoms with Gasteiger partial charge in [0.2, 0.25) is 5.91 Å². The van der Waals surface area contributed by atoms with E-state index in [1.807, 2.05) is 43.1 Å². The highest BCUT2D eigenvalue weighted by Crippen LogP contribution is 2.15. The molecule has 0 radical (unpaired) electrons. The predicted octanol–water partition coefficient (Wildman–Crippen LogP) is 2.73. The molecule has 0 saturated carbocycles. The minimum atomic E-state index is -0.406. The van der Waals surface area contributed by atoms with Gasteiger partial charge in [-0.2, -0.15) is 0 Å². The van der Waals surface area contributed by atoms with Crippen molar-refractivity contribution < 1.29 is 19.1 Å². The van der Waals surface area contributed by atoms with Crippen LogP contribution in [-0.2, 0) is 9.53 Å². The van der Waals surface area contributed by atoms with Gasteiger partial charge in [0.15, 0.2) is 0 Å². The molecule has 0 atom stereocenters. The summed E-state index contributed by atoms with van der Waals surface area (Å²) in [5.74, 6) is 0.321. The van der Waals surface area contributed by atoms with Crippen molar-refractivity contribution in [2.45, 2.75) is 6.92 Å². The van der Waals surface area contributed by atoms with Crippen LogP contribution in [0.2, 0.25) is 0 Å². The van der Waals surface area contributed by atoms with E-state index in [1.54, 1.807) is 24.3 Å². The first-order valence-electron chi connectivity index (χ1n) is 8.35. The van der Waals surface area contributed by atoms with Gasteiger partial charge in [0.05, 0.1) is 19.2 Å². The molecule has 0 aliphatic heterocycles. The summed E-state index contributed by atoms with van der Waals surface area (Å²) in [7, 11) is 3.19. The van der Waals surface area contributed by atoms with Crippen molar-refractivity contribution in [3.63, 3.8) is 0 Å². The van der Waals surface area contributed by atoms with Crippen molar-refractivity contribution in [3.8, 4) is 5.75 Å². The molecule has 0 fully saturated rings. The average molecular weight is 356 g/mol. The van der Waals surface area contributed by atoms with Crippen LogP contribution in [0.3, 0.4) is 0 Å². The first-order chi connectivity index (χ1) is 12.5. The number of nitrogens with one attached hydrogen (secondary N) is 1. The monoisotopic (exact) mass is 356 g/mol. The predicted molar refractivity (Wildman–Crippen MR) is 101 cm³/mol. The minimum absolute atomic E-state index is 0.130. The topological polar surface area (TPSA) is 67.9 Å². The standard InChI is InChI=1S/C20H24N2O4/c1-15-6-4-5-7-18(15)26-13-12-22(2)14-19(23)21-17-10-8-16(9-11-17)20(24)25-3/h4-11H,12-14H2,1-3H3,(H,21,23). The number of carbonyl (C=O) groups is 2. The molecule has 2 aromatic carbocycles. The summed E-state index contributed by atoms with van der Waals surface area (Å²) in [6.07, 6.45) is 0. The van der Waals surface area contributed by atoms with Crippen LogP contribution >= 0.6 is 0 Å². The van der Waals surface area contributed by atoms with Crippen LogP contribution < -0.4 is 10.1 Å². The Hall–Kier alpha value is -2.86. The van der Waals surface area contributed by atoms with Crippen molar-refractivity contribution in [1.82, 2.24) is 4.90 Å². The van der Waals surface area contributed by atoms with Crippen LogP contribution in [0.15, 0.2) is 48.5 Å². The Balaban J connectivity index is 1.74. The first-order valence-corrected chi connectivity index (χ1v) is 8.35. The Labute approximate surface area is 153 Å². The van der Waals surface area contributed by atoms with Crippen LogP contribution in [0, 0.1) is 6.92 Å². The Bertz CT molecular complexity index is 744. The molecule has 0 spiro atoms. The van der Waals surface area contributed by atoms with Gasteiger partial charge in [0, 0.05) is 12.2 Å². The average Bonchev–Trinajstić information content (AvgIpc) is 2.63. The van der Waals surface area contributed by atoms with E-state index < -0.39 is 5.97 Å². The van der Waals surface area contributed by atoms with Crippen molar-refractivity contribution >= 4 is 17.6 Å². The Morgan fingerprint density at radius 2 is 1.77 bits per heavy atom. The van der Waals surface area contributed by atoms with E-state index in [0.717, 1.165) is 11.3 Å². The lowest BCUT2D eigenvalue weighted by atomic mass is 10.2. The van der Waals surface area contributed by atoms with Crippen molar-refractivity contribution in [1.29, 1.82) is 0 Å².